The first-order valence-electron chi connectivity index (χ1n) is 10.0. The van der Waals surface area contributed by atoms with Gasteiger partial charge in [0, 0.05) is 31.3 Å². The van der Waals surface area contributed by atoms with Gasteiger partial charge in [0.15, 0.2) is 0 Å². The Morgan fingerprint density at radius 1 is 1.10 bits per heavy atom. The summed E-state index contributed by atoms with van der Waals surface area (Å²) in [5.74, 6) is 0.620. The molecule has 2 aromatic heterocycles. The highest BCUT2D eigenvalue weighted by Crippen LogP contribution is 2.31. The van der Waals surface area contributed by atoms with E-state index >= 15 is 0 Å². The molecule has 2 aromatic carbocycles. The van der Waals surface area contributed by atoms with Crippen LogP contribution in [-0.2, 0) is 11.3 Å². The molecular formula is C25H25N3O2. The molecule has 0 aliphatic heterocycles. The Labute approximate surface area is 176 Å². The number of hydrogen-bond donors (Lipinski definition) is 1. The minimum absolute atomic E-state index is 0.00530. The predicted octanol–water partition coefficient (Wildman–Crippen LogP) is 4.49. The zero-order valence-corrected chi connectivity index (χ0v) is 17.2. The number of carbonyl (C=O) groups excluding carboxylic acids is 1. The molecule has 152 valence electrons. The number of imidazole rings is 1. The molecule has 5 heteroatoms. The van der Waals surface area contributed by atoms with Gasteiger partial charge in [-0.15, -0.1) is 0 Å². The van der Waals surface area contributed by atoms with Gasteiger partial charge < -0.3 is 14.5 Å². The average Bonchev–Trinajstić information content (AvgIpc) is 3.22. The van der Waals surface area contributed by atoms with Crippen LogP contribution in [0.15, 0.2) is 79.1 Å². The first kappa shape index (κ1) is 19.7. The van der Waals surface area contributed by atoms with E-state index in [9.17, 15) is 4.79 Å². The summed E-state index contributed by atoms with van der Waals surface area (Å²) in [5, 5.41) is 3.05. The van der Waals surface area contributed by atoms with Gasteiger partial charge >= 0.3 is 0 Å². The van der Waals surface area contributed by atoms with Crippen LogP contribution in [0.1, 0.15) is 34.7 Å². The fraction of sp³-hybridized carbons (Fsp3) is 0.200. The molecular weight excluding hydrogens is 374 g/mol. The van der Waals surface area contributed by atoms with E-state index < -0.39 is 0 Å². The van der Waals surface area contributed by atoms with Crippen LogP contribution in [0, 0.1) is 6.92 Å². The summed E-state index contributed by atoms with van der Waals surface area (Å²) in [6, 6.07) is 21.9. The molecule has 0 fully saturated rings. The lowest BCUT2D eigenvalue weighted by molar-refractivity contribution is -0.121. The maximum Gasteiger partial charge on any atom is 0.221 e. The molecule has 4 rings (SSSR count). The van der Waals surface area contributed by atoms with E-state index in [-0.39, 0.29) is 11.8 Å². The number of nitrogens with one attached hydrogen (secondary N) is 1. The Hall–Kier alpha value is -3.60. The standard InChI is InChI=1S/C25H25N3O2/c1-18-8-7-13-28-23(17-27-25(18)28)22(20-11-6-12-21(14-20)30-2)15-24(29)26-16-19-9-4-3-5-10-19/h3-14,17,22H,15-16H2,1-2H3,(H,26,29)/t22-/m0/s1. The third kappa shape index (κ3) is 4.20. The predicted molar refractivity (Wildman–Crippen MR) is 118 cm³/mol. The molecule has 0 radical (unpaired) electrons. The van der Waals surface area contributed by atoms with E-state index in [4.69, 9.17) is 4.74 Å². The summed E-state index contributed by atoms with van der Waals surface area (Å²) >= 11 is 0. The van der Waals surface area contributed by atoms with E-state index in [1.807, 2.05) is 86.0 Å². The minimum Gasteiger partial charge on any atom is -0.497 e. The zero-order valence-electron chi connectivity index (χ0n) is 17.2. The third-order valence-electron chi connectivity index (χ3n) is 5.33. The maximum absolute atomic E-state index is 12.9. The number of methoxy groups -OCH3 is 1. The van der Waals surface area contributed by atoms with Gasteiger partial charge in [0.1, 0.15) is 11.4 Å². The molecule has 5 nitrogen and oxygen atoms in total. The van der Waals surface area contributed by atoms with Crippen molar-refractivity contribution in [1.29, 1.82) is 0 Å². The summed E-state index contributed by atoms with van der Waals surface area (Å²) in [4.78, 5) is 17.5. The molecule has 2 heterocycles. The number of ether oxygens (including phenoxy) is 1. The van der Waals surface area contributed by atoms with Crippen LogP contribution in [0.4, 0.5) is 0 Å². The number of amides is 1. The van der Waals surface area contributed by atoms with E-state index in [0.717, 1.165) is 33.8 Å². The average molecular weight is 399 g/mol. The fourth-order valence-corrected chi connectivity index (χ4v) is 3.73. The molecule has 0 saturated carbocycles. The molecule has 1 amide bonds. The monoisotopic (exact) mass is 399 g/mol. The van der Waals surface area contributed by atoms with Crippen molar-refractivity contribution in [1.82, 2.24) is 14.7 Å². The van der Waals surface area contributed by atoms with Crippen LogP contribution < -0.4 is 10.1 Å². The molecule has 30 heavy (non-hydrogen) atoms. The van der Waals surface area contributed by atoms with Crippen LogP contribution in [0.3, 0.4) is 0 Å². The van der Waals surface area contributed by atoms with Gasteiger partial charge in [0.05, 0.1) is 12.8 Å². The highest BCUT2D eigenvalue weighted by molar-refractivity contribution is 5.77. The van der Waals surface area contributed by atoms with Crippen LogP contribution in [0.5, 0.6) is 5.75 Å². The number of hydrogen-bond acceptors (Lipinski definition) is 3. The Kier molecular flexibility index (Phi) is 5.80. The molecule has 0 aliphatic carbocycles. The van der Waals surface area contributed by atoms with Gasteiger partial charge in [0.25, 0.3) is 0 Å². The number of pyridine rings is 1. The van der Waals surface area contributed by atoms with E-state index in [1.165, 1.54) is 0 Å². The van der Waals surface area contributed by atoms with Gasteiger partial charge in [-0.2, -0.15) is 0 Å². The normalized spacial score (nSPS) is 11.9. The Morgan fingerprint density at radius 2 is 1.93 bits per heavy atom. The number of rotatable bonds is 7. The van der Waals surface area contributed by atoms with E-state index in [0.29, 0.717) is 13.0 Å². The number of carbonyl (C=O) groups is 1. The van der Waals surface area contributed by atoms with Crippen LogP contribution in [-0.4, -0.2) is 22.4 Å². The maximum atomic E-state index is 12.9. The quantitative estimate of drug-likeness (QED) is 0.498. The highest BCUT2D eigenvalue weighted by Gasteiger charge is 2.22. The first-order chi connectivity index (χ1) is 14.7. The number of aromatic nitrogens is 2. The zero-order chi connectivity index (χ0) is 20.9. The summed E-state index contributed by atoms with van der Waals surface area (Å²) < 4.78 is 7.49. The minimum atomic E-state index is -0.146. The largest absolute Gasteiger partial charge is 0.497 e. The number of aryl methyl sites for hydroxylation is 1. The van der Waals surface area contributed by atoms with Gasteiger partial charge in [0.2, 0.25) is 5.91 Å². The van der Waals surface area contributed by atoms with Crippen molar-refractivity contribution in [2.75, 3.05) is 7.11 Å². The molecule has 0 spiro atoms. The number of benzene rings is 2. The SMILES string of the molecule is COc1cccc([C@H](CC(=O)NCc2ccccc2)c2cnc3c(C)cccn23)c1. The van der Waals surface area contributed by atoms with Crippen molar-refractivity contribution in [2.24, 2.45) is 0 Å². The van der Waals surface area contributed by atoms with Gasteiger partial charge in [-0.05, 0) is 41.8 Å². The van der Waals surface area contributed by atoms with Crippen molar-refractivity contribution in [3.05, 3.63) is 102 Å². The van der Waals surface area contributed by atoms with Gasteiger partial charge in [-0.1, -0.05) is 48.5 Å². The van der Waals surface area contributed by atoms with Crippen LogP contribution in [0.25, 0.3) is 5.65 Å². The van der Waals surface area contributed by atoms with Crippen molar-refractivity contribution in [2.45, 2.75) is 25.8 Å². The number of nitrogens with zero attached hydrogens (tertiary/aromatic N) is 2. The van der Waals surface area contributed by atoms with Crippen molar-refractivity contribution in [3.8, 4) is 5.75 Å². The second-order valence-corrected chi connectivity index (χ2v) is 7.36. The first-order valence-corrected chi connectivity index (χ1v) is 10.0. The topological polar surface area (TPSA) is 55.6 Å². The van der Waals surface area contributed by atoms with E-state index in [1.54, 1.807) is 7.11 Å². The molecule has 0 bridgehead atoms. The molecule has 0 unspecified atom stereocenters. The van der Waals surface area contributed by atoms with Gasteiger partial charge in [-0.25, -0.2) is 4.98 Å². The molecule has 0 aliphatic rings. The van der Waals surface area contributed by atoms with Crippen LogP contribution >= 0.6 is 0 Å². The molecule has 1 N–H and O–H groups in total. The number of fused-ring (bicyclic) bond motifs is 1. The van der Waals surface area contributed by atoms with Crippen molar-refractivity contribution in [3.63, 3.8) is 0 Å². The summed E-state index contributed by atoms with van der Waals surface area (Å²) in [7, 11) is 1.65. The molecule has 4 aromatic rings. The Bertz CT molecular complexity index is 1150. The second kappa shape index (κ2) is 8.82. The lowest BCUT2D eigenvalue weighted by atomic mass is 9.92. The summed E-state index contributed by atoms with van der Waals surface area (Å²) in [5.41, 5.74) is 5.09. The smallest absolute Gasteiger partial charge is 0.221 e. The third-order valence-corrected chi connectivity index (χ3v) is 5.33. The fourth-order valence-electron chi connectivity index (χ4n) is 3.73. The highest BCUT2D eigenvalue weighted by atomic mass is 16.5. The van der Waals surface area contributed by atoms with Gasteiger partial charge in [-0.3, -0.25) is 4.79 Å². The second-order valence-electron chi connectivity index (χ2n) is 7.36. The summed E-state index contributed by atoms with van der Waals surface area (Å²) in [6.07, 6.45) is 4.19. The lowest BCUT2D eigenvalue weighted by Gasteiger charge is -2.18. The Balaban J connectivity index is 1.65. The van der Waals surface area contributed by atoms with Crippen molar-refractivity contribution >= 4 is 11.6 Å². The summed E-state index contributed by atoms with van der Waals surface area (Å²) in [6.45, 7) is 2.55. The van der Waals surface area contributed by atoms with E-state index in [2.05, 4.69) is 14.7 Å². The van der Waals surface area contributed by atoms with Crippen molar-refractivity contribution < 1.29 is 9.53 Å². The van der Waals surface area contributed by atoms with Crippen LogP contribution in [0.2, 0.25) is 0 Å². The molecule has 1 atom stereocenters. The Morgan fingerprint density at radius 3 is 2.73 bits per heavy atom. The molecule has 0 saturated heterocycles. The lowest BCUT2D eigenvalue weighted by Crippen LogP contribution is -2.25.